The lowest BCUT2D eigenvalue weighted by atomic mass is 10.2. The lowest BCUT2D eigenvalue weighted by Gasteiger charge is -2.26. The number of morpholine rings is 1. The molecule has 3 aromatic rings. The van der Waals surface area contributed by atoms with Gasteiger partial charge in [0.1, 0.15) is 10.6 Å². The van der Waals surface area contributed by atoms with E-state index in [4.69, 9.17) is 4.74 Å². The van der Waals surface area contributed by atoms with Crippen molar-refractivity contribution in [3.05, 3.63) is 52.3 Å². The SMILES string of the molecule is Cc1nn(Cc2ccc(F)cc2)c2sc(C(=O)N3CCOCC3)cc12. The lowest BCUT2D eigenvalue weighted by molar-refractivity contribution is 0.0306. The second kappa shape index (κ2) is 6.57. The molecule has 1 aliphatic heterocycles. The van der Waals surface area contributed by atoms with Crippen LogP contribution in [-0.2, 0) is 11.3 Å². The number of thiophene rings is 1. The molecule has 0 N–H and O–H groups in total. The van der Waals surface area contributed by atoms with E-state index in [1.165, 1.54) is 23.5 Å². The van der Waals surface area contributed by atoms with E-state index in [0.29, 0.717) is 32.8 Å². The molecule has 1 aliphatic rings. The summed E-state index contributed by atoms with van der Waals surface area (Å²) in [6, 6.07) is 8.34. The Labute approximate surface area is 148 Å². The highest BCUT2D eigenvalue weighted by Crippen LogP contribution is 2.30. The number of aromatic nitrogens is 2. The normalized spacial score (nSPS) is 15.0. The van der Waals surface area contributed by atoms with Crippen molar-refractivity contribution >= 4 is 27.5 Å². The van der Waals surface area contributed by atoms with Gasteiger partial charge in [0.25, 0.3) is 5.91 Å². The molecule has 1 aromatic carbocycles. The van der Waals surface area contributed by atoms with E-state index < -0.39 is 0 Å². The molecule has 5 nitrogen and oxygen atoms in total. The van der Waals surface area contributed by atoms with Crippen molar-refractivity contribution in [1.82, 2.24) is 14.7 Å². The molecule has 0 aliphatic carbocycles. The number of nitrogens with zero attached hydrogens (tertiary/aromatic N) is 3. The maximum atomic E-state index is 13.1. The molecule has 25 heavy (non-hydrogen) atoms. The molecular formula is C18H18FN3O2S. The molecule has 0 bridgehead atoms. The van der Waals surface area contributed by atoms with E-state index in [2.05, 4.69) is 5.10 Å². The molecule has 7 heteroatoms. The highest BCUT2D eigenvalue weighted by atomic mass is 32.1. The van der Waals surface area contributed by atoms with Gasteiger partial charge in [-0.1, -0.05) is 12.1 Å². The Hall–Kier alpha value is -2.25. The fourth-order valence-electron chi connectivity index (χ4n) is 3.01. The largest absolute Gasteiger partial charge is 0.378 e. The monoisotopic (exact) mass is 359 g/mol. The fourth-order valence-corrected chi connectivity index (χ4v) is 4.14. The summed E-state index contributed by atoms with van der Waals surface area (Å²) in [5.41, 5.74) is 1.87. The van der Waals surface area contributed by atoms with E-state index in [1.54, 1.807) is 12.1 Å². The second-order valence-electron chi connectivity index (χ2n) is 6.10. The van der Waals surface area contributed by atoms with Gasteiger partial charge in [-0.3, -0.25) is 9.48 Å². The van der Waals surface area contributed by atoms with Crippen LogP contribution in [0.25, 0.3) is 10.2 Å². The standard InChI is InChI=1S/C18H18FN3O2S/c1-12-15-10-16(17(23)21-6-8-24-9-7-21)25-18(15)22(20-12)11-13-2-4-14(19)5-3-13/h2-5,10H,6-9,11H2,1H3. The summed E-state index contributed by atoms with van der Waals surface area (Å²) in [6.45, 7) is 4.94. The number of benzene rings is 1. The summed E-state index contributed by atoms with van der Waals surface area (Å²) in [6.07, 6.45) is 0. The quantitative estimate of drug-likeness (QED) is 0.722. The smallest absolute Gasteiger partial charge is 0.264 e. The van der Waals surface area contributed by atoms with Crippen LogP contribution in [0.5, 0.6) is 0 Å². The highest BCUT2D eigenvalue weighted by molar-refractivity contribution is 7.20. The van der Waals surface area contributed by atoms with Gasteiger partial charge in [-0.05, 0) is 30.7 Å². The third-order valence-corrected chi connectivity index (χ3v) is 5.50. The van der Waals surface area contributed by atoms with Gasteiger partial charge < -0.3 is 9.64 Å². The van der Waals surface area contributed by atoms with Crippen LogP contribution in [0.4, 0.5) is 4.39 Å². The van der Waals surface area contributed by atoms with E-state index in [1.807, 2.05) is 22.6 Å². The van der Waals surface area contributed by atoms with Crippen LogP contribution in [0.15, 0.2) is 30.3 Å². The molecule has 130 valence electrons. The molecule has 0 spiro atoms. The van der Waals surface area contributed by atoms with Crippen LogP contribution < -0.4 is 0 Å². The van der Waals surface area contributed by atoms with E-state index in [-0.39, 0.29) is 11.7 Å². The molecule has 0 unspecified atom stereocenters. The number of halogens is 1. The van der Waals surface area contributed by atoms with E-state index >= 15 is 0 Å². The van der Waals surface area contributed by atoms with E-state index in [9.17, 15) is 9.18 Å². The highest BCUT2D eigenvalue weighted by Gasteiger charge is 2.22. The zero-order chi connectivity index (χ0) is 17.4. The first kappa shape index (κ1) is 16.2. The zero-order valence-electron chi connectivity index (χ0n) is 13.9. The molecule has 0 saturated carbocycles. The Morgan fingerprint density at radius 2 is 2.00 bits per heavy atom. The van der Waals surface area contributed by atoms with Gasteiger partial charge in [-0.2, -0.15) is 5.10 Å². The van der Waals surface area contributed by atoms with Crippen molar-refractivity contribution in [3.8, 4) is 0 Å². The first-order valence-electron chi connectivity index (χ1n) is 8.20. The number of amides is 1. The minimum Gasteiger partial charge on any atom is -0.378 e. The average Bonchev–Trinajstić information content (AvgIpc) is 3.19. The van der Waals surface area contributed by atoms with Crippen molar-refractivity contribution < 1.29 is 13.9 Å². The summed E-state index contributed by atoms with van der Waals surface area (Å²) in [5.74, 6) is -0.197. The number of ether oxygens (including phenoxy) is 1. The molecule has 4 rings (SSSR count). The van der Waals surface area contributed by atoms with Crippen LogP contribution in [0.1, 0.15) is 20.9 Å². The van der Waals surface area contributed by atoms with Crippen molar-refractivity contribution in [2.75, 3.05) is 26.3 Å². The molecule has 0 radical (unpaired) electrons. The maximum Gasteiger partial charge on any atom is 0.264 e. The number of rotatable bonds is 3. The summed E-state index contributed by atoms with van der Waals surface area (Å²) in [4.78, 5) is 16.2. The molecule has 0 atom stereocenters. The van der Waals surface area contributed by atoms with Gasteiger partial charge in [-0.25, -0.2) is 4.39 Å². The number of carbonyl (C=O) groups is 1. The predicted octanol–water partition coefficient (Wildman–Crippen LogP) is 3.07. The van der Waals surface area contributed by atoms with Crippen LogP contribution >= 0.6 is 11.3 Å². The molecule has 1 saturated heterocycles. The summed E-state index contributed by atoms with van der Waals surface area (Å²) >= 11 is 1.46. The minimum absolute atomic E-state index is 0.0530. The molecular weight excluding hydrogens is 341 g/mol. The summed E-state index contributed by atoms with van der Waals surface area (Å²) in [5, 5.41) is 5.57. The zero-order valence-corrected chi connectivity index (χ0v) is 14.7. The van der Waals surface area contributed by atoms with Crippen LogP contribution in [0, 0.1) is 12.7 Å². The number of aryl methyl sites for hydroxylation is 1. The Morgan fingerprint density at radius 3 is 2.72 bits per heavy atom. The molecule has 1 amide bonds. The van der Waals surface area contributed by atoms with Crippen LogP contribution in [-0.4, -0.2) is 46.9 Å². The average molecular weight is 359 g/mol. The topological polar surface area (TPSA) is 47.4 Å². The van der Waals surface area contributed by atoms with Gasteiger partial charge in [0.15, 0.2) is 0 Å². The molecule has 2 aromatic heterocycles. The first-order valence-corrected chi connectivity index (χ1v) is 9.02. The maximum absolute atomic E-state index is 13.1. The Balaban J connectivity index is 1.64. The number of fused-ring (bicyclic) bond motifs is 1. The van der Waals surface area contributed by atoms with Gasteiger partial charge >= 0.3 is 0 Å². The van der Waals surface area contributed by atoms with Crippen molar-refractivity contribution in [2.24, 2.45) is 0 Å². The van der Waals surface area contributed by atoms with Gasteiger partial charge in [0.05, 0.1) is 30.3 Å². The lowest BCUT2D eigenvalue weighted by Crippen LogP contribution is -2.40. The minimum atomic E-state index is -0.250. The van der Waals surface area contributed by atoms with E-state index in [0.717, 1.165) is 26.4 Å². The number of carbonyl (C=O) groups excluding carboxylic acids is 1. The summed E-state index contributed by atoms with van der Waals surface area (Å²) < 4.78 is 20.3. The molecule has 3 heterocycles. The predicted molar refractivity (Wildman–Crippen MR) is 94.6 cm³/mol. The second-order valence-corrected chi connectivity index (χ2v) is 7.13. The Bertz CT molecular complexity index is 910. The third kappa shape index (κ3) is 3.17. The number of hydrogen-bond acceptors (Lipinski definition) is 4. The first-order chi connectivity index (χ1) is 12.1. The molecule has 1 fully saturated rings. The van der Waals surface area contributed by atoms with Gasteiger partial charge in [-0.15, -0.1) is 11.3 Å². The van der Waals surface area contributed by atoms with Crippen molar-refractivity contribution in [3.63, 3.8) is 0 Å². The van der Waals surface area contributed by atoms with Crippen LogP contribution in [0.2, 0.25) is 0 Å². The van der Waals surface area contributed by atoms with Gasteiger partial charge in [0.2, 0.25) is 0 Å². The number of hydrogen-bond donors (Lipinski definition) is 0. The fraction of sp³-hybridized carbons (Fsp3) is 0.333. The van der Waals surface area contributed by atoms with Crippen LogP contribution in [0.3, 0.4) is 0 Å². The van der Waals surface area contributed by atoms with Crippen molar-refractivity contribution in [2.45, 2.75) is 13.5 Å². The Kier molecular flexibility index (Phi) is 4.27. The Morgan fingerprint density at radius 1 is 1.28 bits per heavy atom. The van der Waals surface area contributed by atoms with Gasteiger partial charge in [0, 0.05) is 18.5 Å². The van der Waals surface area contributed by atoms with Crippen molar-refractivity contribution in [1.29, 1.82) is 0 Å². The summed E-state index contributed by atoms with van der Waals surface area (Å²) in [7, 11) is 0. The third-order valence-electron chi connectivity index (χ3n) is 4.36.